The highest BCUT2D eigenvalue weighted by atomic mass is 16.7. The van der Waals surface area contributed by atoms with Crippen LogP contribution < -0.4 is 0 Å². The van der Waals surface area contributed by atoms with Crippen LogP contribution in [0.1, 0.15) is 47.4 Å². The van der Waals surface area contributed by atoms with Crippen LogP contribution in [0.3, 0.4) is 0 Å². The smallest absolute Gasteiger partial charge is 0.328 e. The summed E-state index contributed by atoms with van der Waals surface area (Å²) >= 11 is 0. The first-order valence-electron chi connectivity index (χ1n) is 7.43. The maximum absolute atomic E-state index is 12.1. The lowest BCUT2D eigenvalue weighted by Crippen LogP contribution is -2.41. The molecular formula is C16H18N2O4. The van der Waals surface area contributed by atoms with Crippen LogP contribution in [-0.4, -0.2) is 46.4 Å². The number of likely N-dealkylation sites (tertiary alicyclic amines) is 1. The quantitative estimate of drug-likeness (QED) is 0.794. The minimum Gasteiger partial charge on any atom is -0.328 e. The van der Waals surface area contributed by atoms with Crippen molar-refractivity contribution < 1.29 is 19.2 Å². The number of hydrogen-bond donors (Lipinski definition) is 0. The zero-order valence-electron chi connectivity index (χ0n) is 12.6. The number of rotatable bonds is 3. The Labute approximate surface area is 128 Å². The number of carbonyl (C=O) groups excluding carboxylic acids is 3. The molecule has 0 aromatic heterocycles. The monoisotopic (exact) mass is 302 g/mol. The van der Waals surface area contributed by atoms with Gasteiger partial charge in [0, 0.05) is 12.1 Å². The van der Waals surface area contributed by atoms with E-state index in [4.69, 9.17) is 4.84 Å². The first-order chi connectivity index (χ1) is 10.5. The number of fused-ring (bicyclic) bond motifs is 1. The van der Waals surface area contributed by atoms with Crippen molar-refractivity contribution in [2.45, 2.75) is 38.8 Å². The van der Waals surface area contributed by atoms with Gasteiger partial charge in [0.2, 0.25) is 0 Å². The Bertz CT molecular complexity index is 598. The van der Waals surface area contributed by atoms with E-state index in [1.54, 1.807) is 24.3 Å². The maximum atomic E-state index is 12.1. The second-order valence-corrected chi connectivity index (χ2v) is 5.86. The molecular weight excluding hydrogens is 284 g/mol. The third kappa shape index (κ3) is 2.39. The van der Waals surface area contributed by atoms with E-state index in [0.29, 0.717) is 17.1 Å². The van der Waals surface area contributed by atoms with E-state index in [-0.39, 0.29) is 17.7 Å². The van der Waals surface area contributed by atoms with E-state index in [1.807, 2.05) is 4.90 Å². The van der Waals surface area contributed by atoms with Crippen molar-refractivity contribution in [3.8, 4) is 0 Å². The largest absolute Gasteiger partial charge is 0.347 e. The molecule has 1 aromatic rings. The van der Waals surface area contributed by atoms with E-state index in [2.05, 4.69) is 13.8 Å². The maximum Gasteiger partial charge on any atom is 0.347 e. The van der Waals surface area contributed by atoms with Gasteiger partial charge in [-0.25, -0.2) is 4.79 Å². The van der Waals surface area contributed by atoms with Crippen molar-refractivity contribution in [1.82, 2.24) is 9.96 Å². The third-order valence-electron chi connectivity index (χ3n) is 4.40. The normalized spacial score (nSPS) is 24.7. The molecule has 0 spiro atoms. The van der Waals surface area contributed by atoms with Gasteiger partial charge < -0.3 is 4.84 Å². The summed E-state index contributed by atoms with van der Waals surface area (Å²) in [6, 6.07) is 7.03. The number of carbonyl (C=O) groups is 3. The highest BCUT2D eigenvalue weighted by molar-refractivity contribution is 6.20. The van der Waals surface area contributed by atoms with Gasteiger partial charge in [0.1, 0.15) is 0 Å². The Hall–Kier alpha value is -2.21. The predicted molar refractivity (Wildman–Crippen MR) is 77.9 cm³/mol. The van der Waals surface area contributed by atoms with Crippen molar-refractivity contribution in [1.29, 1.82) is 0 Å². The lowest BCUT2D eigenvalue weighted by atomic mass is 10.1. The molecule has 0 bridgehead atoms. The lowest BCUT2D eigenvalue weighted by Gasteiger charge is -2.25. The number of imide groups is 1. The summed E-state index contributed by atoms with van der Waals surface area (Å²) in [4.78, 5) is 43.4. The van der Waals surface area contributed by atoms with Crippen molar-refractivity contribution >= 4 is 17.8 Å². The molecule has 2 amide bonds. The summed E-state index contributed by atoms with van der Waals surface area (Å²) in [7, 11) is 0. The minimum absolute atomic E-state index is 0.0791. The second-order valence-electron chi connectivity index (χ2n) is 5.86. The van der Waals surface area contributed by atoms with Crippen LogP contribution in [0.5, 0.6) is 0 Å². The third-order valence-corrected chi connectivity index (χ3v) is 4.40. The molecule has 1 aromatic carbocycles. The van der Waals surface area contributed by atoms with Gasteiger partial charge in [0.15, 0.2) is 0 Å². The van der Waals surface area contributed by atoms with E-state index < -0.39 is 17.8 Å². The first kappa shape index (κ1) is 14.7. The molecule has 1 fully saturated rings. The minimum atomic E-state index is -0.588. The summed E-state index contributed by atoms with van der Waals surface area (Å²) in [5.74, 6) is -1.76. The van der Waals surface area contributed by atoms with Crippen LogP contribution in [0.15, 0.2) is 24.3 Å². The summed E-state index contributed by atoms with van der Waals surface area (Å²) < 4.78 is 0. The Morgan fingerprint density at radius 2 is 1.59 bits per heavy atom. The average molecular weight is 302 g/mol. The fourth-order valence-corrected chi connectivity index (χ4v) is 3.09. The van der Waals surface area contributed by atoms with Crippen LogP contribution in [0.4, 0.5) is 0 Å². The fourth-order valence-electron chi connectivity index (χ4n) is 3.09. The number of hydrogen-bond acceptors (Lipinski definition) is 5. The van der Waals surface area contributed by atoms with Gasteiger partial charge in [-0.3, -0.25) is 14.5 Å². The predicted octanol–water partition coefficient (Wildman–Crippen LogP) is 1.61. The van der Waals surface area contributed by atoms with Crippen molar-refractivity contribution in [3.63, 3.8) is 0 Å². The summed E-state index contributed by atoms with van der Waals surface area (Å²) in [5, 5.41) is 0.568. The molecule has 2 atom stereocenters. The van der Waals surface area contributed by atoms with Gasteiger partial charge in [-0.05, 0) is 38.8 Å². The standard InChI is InChI=1S/C16H18N2O4/c1-10-7-8-11(2)17(10)9-14(19)22-18-15(20)12-5-3-4-6-13(12)16(18)21/h3-6,10-11H,7-9H2,1-2H3. The number of hydroxylamine groups is 2. The highest BCUT2D eigenvalue weighted by Gasteiger charge is 2.39. The van der Waals surface area contributed by atoms with E-state index in [9.17, 15) is 14.4 Å². The van der Waals surface area contributed by atoms with Crippen molar-refractivity contribution in [3.05, 3.63) is 35.4 Å². The lowest BCUT2D eigenvalue weighted by molar-refractivity contribution is -0.170. The SMILES string of the molecule is CC1CCC(C)N1CC(=O)ON1C(=O)c2ccccc2C1=O. The molecule has 1 saturated heterocycles. The molecule has 0 radical (unpaired) electrons. The summed E-state index contributed by atoms with van der Waals surface area (Å²) in [6.07, 6.45) is 2.06. The Morgan fingerprint density at radius 1 is 1.09 bits per heavy atom. The van der Waals surface area contributed by atoms with E-state index in [0.717, 1.165) is 12.8 Å². The van der Waals surface area contributed by atoms with Gasteiger partial charge in [0.05, 0.1) is 17.7 Å². The van der Waals surface area contributed by atoms with Gasteiger partial charge >= 0.3 is 5.97 Å². The second kappa shape index (κ2) is 5.53. The van der Waals surface area contributed by atoms with E-state index >= 15 is 0 Å². The molecule has 0 N–H and O–H groups in total. The molecule has 0 aliphatic carbocycles. The van der Waals surface area contributed by atoms with Gasteiger partial charge in [-0.15, -0.1) is 0 Å². The Balaban J connectivity index is 1.68. The molecule has 3 rings (SSSR count). The van der Waals surface area contributed by atoms with Gasteiger partial charge in [-0.1, -0.05) is 17.2 Å². The van der Waals surface area contributed by atoms with Crippen LogP contribution in [0, 0.1) is 0 Å². The Morgan fingerprint density at radius 3 is 2.09 bits per heavy atom. The number of amides is 2. The van der Waals surface area contributed by atoms with Crippen molar-refractivity contribution in [2.75, 3.05) is 6.54 Å². The first-order valence-corrected chi connectivity index (χ1v) is 7.43. The Kier molecular flexibility index (Phi) is 3.70. The van der Waals surface area contributed by atoms with Crippen LogP contribution >= 0.6 is 0 Å². The summed E-state index contributed by atoms with van der Waals surface area (Å²) in [5.41, 5.74) is 0.534. The molecule has 22 heavy (non-hydrogen) atoms. The van der Waals surface area contributed by atoms with Gasteiger partial charge in [-0.2, -0.15) is 0 Å². The molecule has 2 unspecified atom stereocenters. The molecule has 116 valence electrons. The fraction of sp³-hybridized carbons (Fsp3) is 0.438. The summed E-state index contributed by atoms with van der Waals surface area (Å²) in [6.45, 7) is 4.19. The molecule has 2 aliphatic heterocycles. The highest BCUT2D eigenvalue weighted by Crippen LogP contribution is 2.25. The van der Waals surface area contributed by atoms with Crippen molar-refractivity contribution in [2.24, 2.45) is 0 Å². The molecule has 2 heterocycles. The average Bonchev–Trinajstić information content (AvgIpc) is 2.94. The molecule has 6 nitrogen and oxygen atoms in total. The van der Waals surface area contributed by atoms with Crippen LogP contribution in [0.2, 0.25) is 0 Å². The zero-order chi connectivity index (χ0) is 15.9. The van der Waals surface area contributed by atoms with Crippen LogP contribution in [0.25, 0.3) is 0 Å². The van der Waals surface area contributed by atoms with E-state index in [1.165, 1.54) is 0 Å². The van der Waals surface area contributed by atoms with Crippen LogP contribution in [-0.2, 0) is 9.63 Å². The topological polar surface area (TPSA) is 66.9 Å². The zero-order valence-corrected chi connectivity index (χ0v) is 12.6. The number of nitrogens with zero attached hydrogens (tertiary/aromatic N) is 2. The molecule has 6 heteroatoms. The molecule has 0 saturated carbocycles. The van der Waals surface area contributed by atoms with Gasteiger partial charge in [0.25, 0.3) is 11.8 Å². The molecule has 2 aliphatic rings. The number of benzene rings is 1.